The van der Waals surface area contributed by atoms with E-state index in [1.165, 1.54) is 0 Å². The molecule has 0 radical (unpaired) electrons. The molecule has 36 heavy (non-hydrogen) atoms. The van der Waals surface area contributed by atoms with E-state index in [1.54, 1.807) is 29.4 Å². The molecule has 2 aliphatic heterocycles. The largest absolute Gasteiger partial charge is 0.507 e. The van der Waals surface area contributed by atoms with Gasteiger partial charge in [-0.05, 0) is 48.6 Å². The number of hydrogen-bond donors (Lipinski definition) is 1. The van der Waals surface area contributed by atoms with Crippen LogP contribution in [0.1, 0.15) is 43.9 Å². The molecule has 2 aromatic rings. The Balaban J connectivity index is 1.63. The van der Waals surface area contributed by atoms with Crippen molar-refractivity contribution in [2.24, 2.45) is 5.92 Å². The average Bonchev–Trinajstić information content (AvgIpc) is 3.14. The van der Waals surface area contributed by atoms with Crippen LogP contribution in [0.15, 0.2) is 54.4 Å². The first kappa shape index (κ1) is 25.9. The average molecular weight is 494 g/mol. The molecular formula is C28H35N3O5. The molecule has 1 amide bonds. The van der Waals surface area contributed by atoms with E-state index in [0.717, 1.165) is 31.6 Å². The number of pyridine rings is 1. The van der Waals surface area contributed by atoms with Crippen LogP contribution < -0.4 is 4.74 Å². The summed E-state index contributed by atoms with van der Waals surface area (Å²) in [6, 6.07) is 10.0. The number of carbonyl (C=O) groups is 2. The summed E-state index contributed by atoms with van der Waals surface area (Å²) in [5.74, 6) is -0.263. The third-order valence-corrected chi connectivity index (χ3v) is 6.61. The molecule has 1 aromatic carbocycles. The maximum Gasteiger partial charge on any atom is 0.295 e. The second-order valence-corrected chi connectivity index (χ2v) is 9.64. The van der Waals surface area contributed by atoms with E-state index < -0.39 is 17.7 Å². The van der Waals surface area contributed by atoms with Crippen LogP contribution in [-0.4, -0.2) is 77.6 Å². The molecule has 1 atom stereocenters. The quantitative estimate of drug-likeness (QED) is 0.307. The number of aliphatic hydroxyl groups is 1. The smallest absolute Gasteiger partial charge is 0.295 e. The van der Waals surface area contributed by atoms with Crippen molar-refractivity contribution in [1.29, 1.82) is 0 Å². The molecule has 192 valence electrons. The summed E-state index contributed by atoms with van der Waals surface area (Å²) in [6.07, 6.45) is 4.73. The molecule has 1 unspecified atom stereocenters. The fraction of sp³-hybridized carbons (Fsp3) is 0.464. The molecule has 4 rings (SSSR count). The Labute approximate surface area is 212 Å². The van der Waals surface area contributed by atoms with Crippen molar-refractivity contribution in [3.63, 3.8) is 0 Å². The second kappa shape index (κ2) is 12.1. The van der Waals surface area contributed by atoms with Crippen LogP contribution in [0.4, 0.5) is 0 Å². The lowest BCUT2D eigenvalue weighted by molar-refractivity contribution is -0.140. The van der Waals surface area contributed by atoms with Crippen LogP contribution in [0.2, 0.25) is 0 Å². The number of Topliss-reactive ketones (excluding diaryl/α,β-unsaturated/α-hetero) is 1. The monoisotopic (exact) mass is 493 g/mol. The highest BCUT2D eigenvalue weighted by Gasteiger charge is 2.46. The van der Waals surface area contributed by atoms with Gasteiger partial charge in [-0.15, -0.1) is 0 Å². The summed E-state index contributed by atoms with van der Waals surface area (Å²) >= 11 is 0. The fourth-order valence-electron chi connectivity index (χ4n) is 4.60. The van der Waals surface area contributed by atoms with E-state index in [2.05, 4.69) is 23.7 Å². The number of morpholine rings is 1. The standard InChI is InChI=1S/C28H35N3O5/c1-20(2)9-16-36-23-6-3-5-22(19-23)25-24(26(32)21-7-10-29-11-8-21)27(33)28(34)31(25)13-4-12-30-14-17-35-18-15-30/h3,5-8,10-11,19-20,25,32H,4,9,12-18H2,1-2H3. The van der Waals surface area contributed by atoms with E-state index in [1.807, 2.05) is 24.3 Å². The number of carbonyl (C=O) groups excluding carboxylic acids is 2. The second-order valence-electron chi connectivity index (χ2n) is 9.64. The molecule has 2 saturated heterocycles. The zero-order valence-corrected chi connectivity index (χ0v) is 21.1. The number of likely N-dealkylation sites (tertiary alicyclic amines) is 1. The number of nitrogens with zero attached hydrogens (tertiary/aromatic N) is 3. The van der Waals surface area contributed by atoms with Gasteiger partial charge >= 0.3 is 0 Å². The lowest BCUT2D eigenvalue weighted by Gasteiger charge is -2.29. The van der Waals surface area contributed by atoms with Crippen molar-refractivity contribution >= 4 is 17.4 Å². The van der Waals surface area contributed by atoms with Crippen molar-refractivity contribution in [1.82, 2.24) is 14.8 Å². The molecule has 2 aliphatic rings. The summed E-state index contributed by atoms with van der Waals surface area (Å²) in [5.41, 5.74) is 1.28. The minimum absolute atomic E-state index is 0.0944. The summed E-state index contributed by atoms with van der Waals surface area (Å²) in [7, 11) is 0. The molecule has 0 bridgehead atoms. The van der Waals surface area contributed by atoms with Crippen LogP contribution in [-0.2, 0) is 14.3 Å². The lowest BCUT2D eigenvalue weighted by Crippen LogP contribution is -2.38. The summed E-state index contributed by atoms with van der Waals surface area (Å²) in [4.78, 5) is 34.3. The Hall–Kier alpha value is -3.23. The topological polar surface area (TPSA) is 92.2 Å². The first-order valence-electron chi connectivity index (χ1n) is 12.7. The van der Waals surface area contributed by atoms with Crippen molar-refractivity contribution in [2.75, 3.05) is 46.0 Å². The van der Waals surface area contributed by atoms with Crippen molar-refractivity contribution in [3.05, 3.63) is 65.5 Å². The zero-order valence-electron chi connectivity index (χ0n) is 21.1. The van der Waals surface area contributed by atoms with Crippen molar-refractivity contribution in [2.45, 2.75) is 32.7 Å². The molecule has 8 nitrogen and oxygen atoms in total. The number of aliphatic hydroxyl groups excluding tert-OH is 1. The van der Waals surface area contributed by atoms with E-state index in [4.69, 9.17) is 9.47 Å². The van der Waals surface area contributed by atoms with Gasteiger partial charge in [0.15, 0.2) is 0 Å². The van der Waals surface area contributed by atoms with Gasteiger partial charge in [0.2, 0.25) is 0 Å². The highest BCUT2D eigenvalue weighted by Crippen LogP contribution is 2.40. The molecule has 0 spiro atoms. The van der Waals surface area contributed by atoms with Gasteiger partial charge in [-0.3, -0.25) is 19.5 Å². The number of ketones is 1. The molecule has 2 fully saturated rings. The van der Waals surface area contributed by atoms with Gasteiger partial charge in [-0.1, -0.05) is 26.0 Å². The number of aromatic nitrogens is 1. The number of amides is 1. The Kier molecular flexibility index (Phi) is 8.72. The Morgan fingerprint density at radius 1 is 1.14 bits per heavy atom. The van der Waals surface area contributed by atoms with Crippen LogP contribution in [0.25, 0.3) is 5.76 Å². The van der Waals surface area contributed by atoms with Gasteiger partial charge in [0.05, 0.1) is 31.4 Å². The number of ether oxygens (including phenoxy) is 2. The third-order valence-electron chi connectivity index (χ3n) is 6.61. The predicted octanol–water partition coefficient (Wildman–Crippen LogP) is 3.65. The summed E-state index contributed by atoms with van der Waals surface area (Å²) in [6.45, 7) is 9.21. The molecule has 3 heterocycles. The summed E-state index contributed by atoms with van der Waals surface area (Å²) < 4.78 is 11.4. The number of hydrogen-bond acceptors (Lipinski definition) is 7. The van der Waals surface area contributed by atoms with E-state index >= 15 is 0 Å². The Morgan fingerprint density at radius 2 is 1.89 bits per heavy atom. The van der Waals surface area contributed by atoms with Gasteiger partial charge in [0, 0.05) is 44.1 Å². The molecule has 1 N–H and O–H groups in total. The highest BCUT2D eigenvalue weighted by molar-refractivity contribution is 6.46. The van der Waals surface area contributed by atoms with E-state index in [0.29, 0.717) is 50.0 Å². The number of rotatable bonds is 10. The van der Waals surface area contributed by atoms with E-state index in [-0.39, 0.29) is 11.3 Å². The number of benzene rings is 1. The van der Waals surface area contributed by atoms with Gasteiger partial charge in [0.1, 0.15) is 11.5 Å². The Morgan fingerprint density at radius 3 is 2.61 bits per heavy atom. The summed E-state index contributed by atoms with van der Waals surface area (Å²) in [5, 5.41) is 11.2. The van der Waals surface area contributed by atoms with E-state index in [9.17, 15) is 14.7 Å². The van der Waals surface area contributed by atoms with Gasteiger partial charge in [-0.2, -0.15) is 0 Å². The van der Waals surface area contributed by atoms with Gasteiger partial charge in [0.25, 0.3) is 11.7 Å². The minimum atomic E-state index is -0.698. The Bertz CT molecular complexity index is 1080. The molecular weight excluding hydrogens is 458 g/mol. The van der Waals surface area contributed by atoms with Crippen LogP contribution in [0.5, 0.6) is 5.75 Å². The van der Waals surface area contributed by atoms with Crippen LogP contribution >= 0.6 is 0 Å². The maximum absolute atomic E-state index is 13.2. The third kappa shape index (κ3) is 6.12. The van der Waals surface area contributed by atoms with Crippen molar-refractivity contribution in [3.8, 4) is 5.75 Å². The van der Waals surface area contributed by atoms with Crippen LogP contribution in [0, 0.1) is 5.92 Å². The minimum Gasteiger partial charge on any atom is -0.507 e. The molecule has 0 saturated carbocycles. The SMILES string of the molecule is CC(C)CCOc1cccc(C2C(=C(O)c3ccncc3)C(=O)C(=O)N2CCCN2CCOCC2)c1. The lowest BCUT2D eigenvalue weighted by atomic mass is 9.95. The first-order chi connectivity index (χ1) is 17.5. The zero-order chi connectivity index (χ0) is 25.5. The highest BCUT2D eigenvalue weighted by atomic mass is 16.5. The van der Waals surface area contributed by atoms with Gasteiger partial charge in [-0.25, -0.2) is 0 Å². The maximum atomic E-state index is 13.2. The molecule has 8 heteroatoms. The van der Waals surface area contributed by atoms with Crippen molar-refractivity contribution < 1.29 is 24.2 Å². The first-order valence-corrected chi connectivity index (χ1v) is 12.7. The molecule has 0 aliphatic carbocycles. The fourth-order valence-corrected chi connectivity index (χ4v) is 4.60. The predicted molar refractivity (Wildman–Crippen MR) is 137 cm³/mol. The molecule has 1 aromatic heterocycles. The van der Waals surface area contributed by atoms with Crippen LogP contribution in [0.3, 0.4) is 0 Å². The normalized spacial score (nSPS) is 20.3. The van der Waals surface area contributed by atoms with Gasteiger partial charge < -0.3 is 19.5 Å².